The number of alkyl halides is 1. The first-order chi connectivity index (χ1) is 5.70. The van der Waals surface area contributed by atoms with Gasteiger partial charge in [-0.1, -0.05) is 0 Å². The Labute approximate surface area is 79.7 Å². The predicted octanol–water partition coefficient (Wildman–Crippen LogP) is 1.69. The molecular weight excluding hydrogens is 224 g/mol. The zero-order valence-electron chi connectivity index (χ0n) is 6.21. The molecule has 1 aromatic rings. The van der Waals surface area contributed by atoms with Gasteiger partial charge >= 0.3 is 0 Å². The molecule has 0 aliphatic heterocycles. The Hall–Kier alpha value is -0.575. The maximum absolute atomic E-state index is 12.1. The van der Waals surface area contributed by atoms with E-state index in [1.807, 2.05) is 0 Å². The first-order valence-corrected chi connectivity index (χ1v) is 4.12. The van der Waals surface area contributed by atoms with Crippen LogP contribution in [0.2, 0.25) is 0 Å². The summed E-state index contributed by atoms with van der Waals surface area (Å²) in [4.78, 5) is 3.89. The Morgan fingerprint density at radius 2 is 2.50 bits per heavy atom. The molecule has 0 spiro atoms. The minimum absolute atomic E-state index is 0.162. The number of aromatic nitrogens is 1. The zero-order chi connectivity index (χ0) is 8.97. The van der Waals surface area contributed by atoms with Crippen molar-refractivity contribution in [1.29, 1.82) is 0 Å². The summed E-state index contributed by atoms with van der Waals surface area (Å²) in [5.74, 6) is 0.491. The van der Waals surface area contributed by atoms with Gasteiger partial charge in [0, 0.05) is 6.20 Å². The van der Waals surface area contributed by atoms with E-state index in [4.69, 9.17) is 12.6 Å². The molecule has 1 unspecified atom stereocenters. The molecular formula is C7H6BBrFNO. The SMILES string of the molecule is [B]C(F)COc1cccnc1Br. The van der Waals surface area contributed by atoms with E-state index < -0.39 is 6.07 Å². The minimum atomic E-state index is -1.46. The fourth-order valence-electron chi connectivity index (χ4n) is 0.648. The third-order valence-corrected chi connectivity index (χ3v) is 1.72. The van der Waals surface area contributed by atoms with E-state index >= 15 is 0 Å². The van der Waals surface area contributed by atoms with Crippen LogP contribution in [0.3, 0.4) is 0 Å². The van der Waals surface area contributed by atoms with Crippen molar-refractivity contribution >= 4 is 23.8 Å². The van der Waals surface area contributed by atoms with Crippen molar-refractivity contribution in [3.8, 4) is 5.75 Å². The lowest BCUT2D eigenvalue weighted by Crippen LogP contribution is -2.12. The monoisotopic (exact) mass is 229 g/mol. The molecule has 0 bridgehead atoms. The highest BCUT2D eigenvalue weighted by atomic mass is 79.9. The van der Waals surface area contributed by atoms with Gasteiger partial charge in [0.1, 0.15) is 19.1 Å². The second-order valence-corrected chi connectivity index (χ2v) is 2.87. The van der Waals surface area contributed by atoms with Gasteiger partial charge in [0.15, 0.2) is 5.75 Å². The molecule has 0 aliphatic carbocycles. The maximum Gasteiger partial charge on any atom is 0.152 e. The van der Waals surface area contributed by atoms with Gasteiger partial charge in [-0.2, -0.15) is 0 Å². The standard InChI is InChI=1S/C7H6BBrFNO/c8-6(10)4-12-5-2-1-3-11-7(5)9/h1-3,6H,4H2. The Kier molecular flexibility index (Phi) is 3.53. The van der Waals surface area contributed by atoms with E-state index in [1.54, 1.807) is 18.3 Å². The third kappa shape index (κ3) is 2.81. The van der Waals surface area contributed by atoms with Crippen molar-refractivity contribution in [2.45, 2.75) is 6.07 Å². The number of hydrogen-bond acceptors (Lipinski definition) is 2. The van der Waals surface area contributed by atoms with Gasteiger partial charge in [-0.15, -0.1) is 0 Å². The van der Waals surface area contributed by atoms with Gasteiger partial charge in [0.05, 0.1) is 6.07 Å². The van der Waals surface area contributed by atoms with Gasteiger partial charge in [-0.05, 0) is 28.1 Å². The van der Waals surface area contributed by atoms with Crippen molar-refractivity contribution in [3.05, 3.63) is 22.9 Å². The van der Waals surface area contributed by atoms with Crippen LogP contribution in [0.5, 0.6) is 5.75 Å². The number of hydrogen-bond donors (Lipinski definition) is 0. The van der Waals surface area contributed by atoms with Crippen LogP contribution in [-0.4, -0.2) is 25.5 Å². The Balaban J connectivity index is 2.57. The molecule has 0 N–H and O–H groups in total. The largest absolute Gasteiger partial charge is 0.489 e. The number of pyridine rings is 1. The summed E-state index contributed by atoms with van der Waals surface area (Å²) in [7, 11) is 4.86. The van der Waals surface area contributed by atoms with Gasteiger partial charge in [0.25, 0.3) is 0 Å². The van der Waals surface area contributed by atoms with Gasteiger partial charge in [-0.25, -0.2) is 4.98 Å². The normalized spacial score (nSPS) is 12.5. The minimum Gasteiger partial charge on any atom is -0.489 e. The summed E-state index contributed by atoms with van der Waals surface area (Å²) in [6.45, 7) is -0.162. The van der Waals surface area contributed by atoms with Crippen molar-refractivity contribution < 1.29 is 9.13 Å². The second kappa shape index (κ2) is 4.45. The Morgan fingerprint density at radius 3 is 3.08 bits per heavy atom. The molecule has 1 rings (SSSR count). The van der Waals surface area contributed by atoms with E-state index in [-0.39, 0.29) is 6.61 Å². The summed E-state index contributed by atoms with van der Waals surface area (Å²) >= 11 is 3.15. The molecule has 2 radical (unpaired) electrons. The fraction of sp³-hybridized carbons (Fsp3) is 0.286. The molecule has 1 heterocycles. The quantitative estimate of drug-likeness (QED) is 0.582. The van der Waals surface area contributed by atoms with E-state index in [2.05, 4.69) is 20.9 Å². The van der Waals surface area contributed by atoms with Crippen LogP contribution in [0.1, 0.15) is 0 Å². The Bertz CT molecular complexity index is 259. The molecule has 0 fully saturated rings. The number of halogens is 2. The molecule has 0 aromatic carbocycles. The average molecular weight is 230 g/mol. The van der Waals surface area contributed by atoms with E-state index in [9.17, 15) is 4.39 Å². The molecule has 0 aliphatic rings. The van der Waals surface area contributed by atoms with E-state index in [1.165, 1.54) is 0 Å². The molecule has 2 nitrogen and oxygen atoms in total. The lowest BCUT2D eigenvalue weighted by molar-refractivity contribution is 0.247. The zero-order valence-corrected chi connectivity index (χ0v) is 7.79. The highest BCUT2D eigenvalue weighted by Gasteiger charge is 2.02. The second-order valence-electron chi connectivity index (χ2n) is 2.12. The highest BCUT2D eigenvalue weighted by Crippen LogP contribution is 2.20. The van der Waals surface area contributed by atoms with Crippen molar-refractivity contribution in [1.82, 2.24) is 4.98 Å². The van der Waals surface area contributed by atoms with Crippen LogP contribution in [0.15, 0.2) is 22.9 Å². The third-order valence-electron chi connectivity index (χ3n) is 1.12. The summed E-state index contributed by atoms with van der Waals surface area (Å²) in [6, 6.07) is 3.38. The molecule has 0 amide bonds. The highest BCUT2D eigenvalue weighted by molar-refractivity contribution is 9.10. The van der Waals surface area contributed by atoms with Gasteiger partial charge in [0.2, 0.25) is 0 Å². The summed E-state index contributed by atoms with van der Waals surface area (Å²) in [5.41, 5.74) is 0. The maximum atomic E-state index is 12.1. The van der Waals surface area contributed by atoms with Crippen molar-refractivity contribution in [3.63, 3.8) is 0 Å². The van der Waals surface area contributed by atoms with Gasteiger partial charge < -0.3 is 4.74 Å². The number of nitrogens with zero attached hydrogens (tertiary/aromatic N) is 1. The first-order valence-electron chi connectivity index (χ1n) is 3.33. The molecule has 62 valence electrons. The van der Waals surface area contributed by atoms with Crippen LogP contribution in [0.25, 0.3) is 0 Å². The molecule has 1 aromatic heterocycles. The smallest absolute Gasteiger partial charge is 0.152 e. The summed E-state index contributed by atoms with van der Waals surface area (Å²) in [6.07, 6.45) is 0.142. The molecule has 0 saturated carbocycles. The first kappa shape index (κ1) is 9.51. The number of ether oxygens (including phenoxy) is 1. The van der Waals surface area contributed by atoms with E-state index in [0.29, 0.717) is 10.4 Å². The van der Waals surface area contributed by atoms with Crippen LogP contribution < -0.4 is 4.74 Å². The van der Waals surface area contributed by atoms with Crippen molar-refractivity contribution in [2.75, 3.05) is 6.61 Å². The predicted molar refractivity (Wildman–Crippen MR) is 48.1 cm³/mol. The molecule has 1 atom stereocenters. The molecule has 0 saturated heterocycles. The molecule has 12 heavy (non-hydrogen) atoms. The fourth-order valence-corrected chi connectivity index (χ4v) is 1.01. The molecule has 5 heteroatoms. The lowest BCUT2D eigenvalue weighted by atomic mass is 10.0. The van der Waals surface area contributed by atoms with Crippen molar-refractivity contribution in [2.24, 2.45) is 0 Å². The average Bonchev–Trinajstić information content (AvgIpc) is 2.03. The van der Waals surface area contributed by atoms with E-state index in [0.717, 1.165) is 0 Å². The van der Waals surface area contributed by atoms with Crippen LogP contribution in [0.4, 0.5) is 4.39 Å². The van der Waals surface area contributed by atoms with Gasteiger partial charge in [-0.3, -0.25) is 4.39 Å². The van der Waals surface area contributed by atoms with Crippen LogP contribution in [-0.2, 0) is 0 Å². The number of rotatable bonds is 3. The van der Waals surface area contributed by atoms with Crippen LogP contribution >= 0.6 is 15.9 Å². The summed E-state index contributed by atoms with van der Waals surface area (Å²) < 4.78 is 17.7. The topological polar surface area (TPSA) is 22.1 Å². The summed E-state index contributed by atoms with van der Waals surface area (Å²) in [5, 5.41) is 0. The van der Waals surface area contributed by atoms with Crippen LogP contribution in [0, 0.1) is 0 Å². The lowest BCUT2D eigenvalue weighted by Gasteiger charge is -2.07. The Morgan fingerprint density at radius 1 is 1.75 bits per heavy atom.